The van der Waals surface area contributed by atoms with Gasteiger partial charge in [-0.3, -0.25) is 0 Å². The molecule has 2 fully saturated rings. The molecule has 88 valence electrons. The monoisotopic (exact) mass is 214 g/mol. The summed E-state index contributed by atoms with van der Waals surface area (Å²) in [6.45, 7) is 2.39. The standard InChI is InChI=1S/C12H23FN2/c13-12(6-3-8-14-9-7-12)10-15-11-4-1-2-5-11/h11,14-15H,1-10H2. The molecule has 1 heterocycles. The molecule has 1 saturated carbocycles. The highest BCUT2D eigenvalue weighted by atomic mass is 19.1. The van der Waals surface area contributed by atoms with E-state index in [4.69, 9.17) is 0 Å². The zero-order chi connectivity index (χ0) is 10.6. The molecule has 2 rings (SSSR count). The summed E-state index contributed by atoms with van der Waals surface area (Å²) < 4.78 is 14.4. The van der Waals surface area contributed by atoms with Crippen LogP contribution in [0, 0.1) is 0 Å². The Bertz CT molecular complexity index is 182. The molecular formula is C12H23FN2. The van der Waals surface area contributed by atoms with E-state index in [2.05, 4.69) is 10.6 Å². The number of nitrogens with one attached hydrogen (secondary N) is 2. The maximum atomic E-state index is 14.4. The van der Waals surface area contributed by atoms with Gasteiger partial charge in [0.1, 0.15) is 5.67 Å². The van der Waals surface area contributed by atoms with Crippen molar-refractivity contribution in [2.75, 3.05) is 19.6 Å². The summed E-state index contributed by atoms with van der Waals surface area (Å²) in [5.74, 6) is 0. The van der Waals surface area contributed by atoms with Crippen LogP contribution in [-0.2, 0) is 0 Å². The van der Waals surface area contributed by atoms with Crippen molar-refractivity contribution in [2.24, 2.45) is 0 Å². The van der Waals surface area contributed by atoms with Gasteiger partial charge in [0.2, 0.25) is 0 Å². The Hall–Kier alpha value is -0.150. The van der Waals surface area contributed by atoms with Crippen molar-refractivity contribution in [3.05, 3.63) is 0 Å². The smallest absolute Gasteiger partial charge is 0.124 e. The molecule has 0 aromatic carbocycles. The summed E-state index contributed by atoms with van der Waals surface area (Å²) in [5.41, 5.74) is -0.952. The molecule has 0 radical (unpaired) electrons. The van der Waals surface area contributed by atoms with Crippen molar-refractivity contribution < 1.29 is 4.39 Å². The molecule has 1 saturated heterocycles. The van der Waals surface area contributed by atoms with Gasteiger partial charge in [0.05, 0.1) is 0 Å². The van der Waals surface area contributed by atoms with Crippen LogP contribution in [0.15, 0.2) is 0 Å². The molecule has 0 aromatic rings. The van der Waals surface area contributed by atoms with Crippen LogP contribution in [0.4, 0.5) is 4.39 Å². The van der Waals surface area contributed by atoms with Crippen LogP contribution in [0.1, 0.15) is 44.9 Å². The third kappa shape index (κ3) is 3.42. The summed E-state index contributed by atoms with van der Waals surface area (Å²) in [6, 6.07) is 0.592. The minimum Gasteiger partial charge on any atom is -0.317 e. The Morgan fingerprint density at radius 2 is 1.93 bits per heavy atom. The van der Waals surface area contributed by atoms with Gasteiger partial charge in [-0.15, -0.1) is 0 Å². The summed E-state index contributed by atoms with van der Waals surface area (Å²) in [5, 5.41) is 6.68. The normalized spacial score (nSPS) is 34.2. The average Bonchev–Trinajstić information content (AvgIpc) is 2.65. The first kappa shape index (κ1) is 11.3. The molecule has 0 amide bonds. The lowest BCUT2D eigenvalue weighted by molar-refractivity contribution is 0.136. The van der Waals surface area contributed by atoms with Crippen LogP contribution in [0.2, 0.25) is 0 Å². The van der Waals surface area contributed by atoms with Gasteiger partial charge in [-0.25, -0.2) is 4.39 Å². The highest BCUT2D eigenvalue weighted by molar-refractivity contribution is 4.87. The Kier molecular flexibility index (Phi) is 3.98. The Labute approximate surface area is 92.0 Å². The largest absolute Gasteiger partial charge is 0.317 e. The second-order valence-corrected chi connectivity index (χ2v) is 5.12. The summed E-state index contributed by atoms with van der Waals surface area (Å²) >= 11 is 0. The van der Waals surface area contributed by atoms with Crippen LogP contribution < -0.4 is 10.6 Å². The second-order valence-electron chi connectivity index (χ2n) is 5.12. The molecular weight excluding hydrogens is 191 g/mol. The van der Waals surface area contributed by atoms with Crippen LogP contribution in [-0.4, -0.2) is 31.3 Å². The van der Waals surface area contributed by atoms with Crippen molar-refractivity contribution in [1.29, 1.82) is 0 Å². The van der Waals surface area contributed by atoms with E-state index in [1.54, 1.807) is 0 Å². The maximum absolute atomic E-state index is 14.4. The van der Waals surface area contributed by atoms with Crippen molar-refractivity contribution in [1.82, 2.24) is 10.6 Å². The lowest BCUT2D eigenvalue weighted by atomic mass is 9.96. The third-order valence-corrected chi connectivity index (χ3v) is 3.79. The Morgan fingerprint density at radius 1 is 1.13 bits per heavy atom. The van der Waals surface area contributed by atoms with Gasteiger partial charge in [0.15, 0.2) is 0 Å². The fourth-order valence-corrected chi connectivity index (χ4v) is 2.73. The lowest BCUT2D eigenvalue weighted by Gasteiger charge is -2.25. The van der Waals surface area contributed by atoms with Crippen LogP contribution in [0.5, 0.6) is 0 Å². The molecule has 2 N–H and O–H groups in total. The van der Waals surface area contributed by atoms with Crippen molar-refractivity contribution in [3.8, 4) is 0 Å². The first-order chi connectivity index (χ1) is 7.29. The molecule has 1 aliphatic heterocycles. The van der Waals surface area contributed by atoms with Gasteiger partial charge >= 0.3 is 0 Å². The van der Waals surface area contributed by atoms with Gasteiger partial charge in [0.25, 0.3) is 0 Å². The van der Waals surface area contributed by atoms with Gasteiger partial charge in [-0.1, -0.05) is 12.8 Å². The number of hydrogen-bond donors (Lipinski definition) is 2. The Morgan fingerprint density at radius 3 is 2.73 bits per heavy atom. The van der Waals surface area contributed by atoms with Crippen molar-refractivity contribution in [2.45, 2.75) is 56.7 Å². The van der Waals surface area contributed by atoms with Crippen LogP contribution >= 0.6 is 0 Å². The van der Waals surface area contributed by atoms with Gasteiger partial charge in [0, 0.05) is 12.6 Å². The lowest BCUT2D eigenvalue weighted by Crippen LogP contribution is -2.41. The van der Waals surface area contributed by atoms with Gasteiger partial charge in [-0.2, -0.15) is 0 Å². The maximum Gasteiger partial charge on any atom is 0.124 e. The van der Waals surface area contributed by atoms with E-state index in [0.29, 0.717) is 19.0 Å². The van der Waals surface area contributed by atoms with E-state index in [-0.39, 0.29) is 0 Å². The number of alkyl halides is 1. The highest BCUT2D eigenvalue weighted by Gasteiger charge is 2.31. The van der Waals surface area contributed by atoms with E-state index in [1.165, 1.54) is 25.7 Å². The van der Waals surface area contributed by atoms with Crippen LogP contribution in [0.3, 0.4) is 0 Å². The number of halogens is 1. The zero-order valence-corrected chi connectivity index (χ0v) is 9.53. The van der Waals surface area contributed by atoms with E-state index in [0.717, 1.165) is 25.9 Å². The molecule has 1 unspecified atom stereocenters. The molecule has 15 heavy (non-hydrogen) atoms. The third-order valence-electron chi connectivity index (χ3n) is 3.79. The minimum atomic E-state index is -0.952. The highest BCUT2D eigenvalue weighted by Crippen LogP contribution is 2.25. The van der Waals surface area contributed by atoms with Gasteiger partial charge in [-0.05, 0) is 45.2 Å². The second kappa shape index (κ2) is 5.26. The number of rotatable bonds is 3. The minimum absolute atomic E-state index is 0.569. The summed E-state index contributed by atoms with van der Waals surface area (Å²) in [4.78, 5) is 0. The SMILES string of the molecule is FC1(CNC2CCCC2)CCCNCC1. The summed E-state index contributed by atoms with van der Waals surface area (Å²) in [7, 11) is 0. The van der Waals surface area contributed by atoms with Gasteiger partial charge < -0.3 is 10.6 Å². The molecule has 0 aromatic heterocycles. The molecule has 2 aliphatic rings. The first-order valence-electron chi connectivity index (χ1n) is 6.42. The number of hydrogen-bond acceptors (Lipinski definition) is 2. The van der Waals surface area contributed by atoms with E-state index in [1.807, 2.05) is 0 Å². The van der Waals surface area contributed by atoms with Crippen molar-refractivity contribution >= 4 is 0 Å². The topological polar surface area (TPSA) is 24.1 Å². The predicted octanol–water partition coefficient (Wildman–Crippen LogP) is 2.00. The summed E-state index contributed by atoms with van der Waals surface area (Å²) in [6.07, 6.45) is 7.50. The van der Waals surface area contributed by atoms with E-state index in [9.17, 15) is 4.39 Å². The molecule has 0 bridgehead atoms. The molecule has 1 atom stereocenters. The van der Waals surface area contributed by atoms with E-state index < -0.39 is 5.67 Å². The molecule has 1 aliphatic carbocycles. The van der Waals surface area contributed by atoms with Crippen molar-refractivity contribution in [3.63, 3.8) is 0 Å². The zero-order valence-electron chi connectivity index (χ0n) is 9.53. The average molecular weight is 214 g/mol. The molecule has 2 nitrogen and oxygen atoms in total. The predicted molar refractivity (Wildman–Crippen MR) is 60.8 cm³/mol. The molecule has 0 spiro atoms. The fraction of sp³-hybridized carbons (Fsp3) is 1.00. The fourth-order valence-electron chi connectivity index (χ4n) is 2.73. The van der Waals surface area contributed by atoms with E-state index >= 15 is 0 Å². The first-order valence-corrected chi connectivity index (χ1v) is 6.42. The molecule has 3 heteroatoms. The van der Waals surface area contributed by atoms with Crippen LogP contribution in [0.25, 0.3) is 0 Å². The Balaban J connectivity index is 1.75. The quantitative estimate of drug-likeness (QED) is 0.751.